The van der Waals surface area contributed by atoms with Crippen LogP contribution in [0.3, 0.4) is 0 Å². The summed E-state index contributed by atoms with van der Waals surface area (Å²) in [5.41, 5.74) is 1.33. The van der Waals surface area contributed by atoms with Crippen LogP contribution in [0.2, 0.25) is 0 Å². The second-order valence-electron chi connectivity index (χ2n) is 6.22. The number of nitrogens with one attached hydrogen (secondary N) is 1. The Labute approximate surface area is 123 Å². The van der Waals surface area contributed by atoms with E-state index < -0.39 is 0 Å². The highest BCUT2D eigenvalue weighted by atomic mass is 16.5. The van der Waals surface area contributed by atoms with Gasteiger partial charge in [0.05, 0.1) is 6.10 Å². The average Bonchev–Trinajstić information content (AvgIpc) is 2.70. The molecule has 2 heteroatoms. The SMILES string of the molecule is CNC(c1ccccc1OC(C)C)C1CCCCCC1. The Bertz CT molecular complexity index is 394. The topological polar surface area (TPSA) is 21.3 Å². The Balaban J connectivity index is 2.21. The monoisotopic (exact) mass is 275 g/mol. The molecule has 20 heavy (non-hydrogen) atoms. The maximum Gasteiger partial charge on any atom is 0.124 e. The Hall–Kier alpha value is -1.02. The van der Waals surface area contributed by atoms with Crippen LogP contribution in [0.15, 0.2) is 24.3 Å². The van der Waals surface area contributed by atoms with Gasteiger partial charge in [-0.3, -0.25) is 0 Å². The molecular weight excluding hydrogens is 246 g/mol. The third-order valence-corrected chi connectivity index (χ3v) is 4.30. The van der Waals surface area contributed by atoms with E-state index in [1.165, 1.54) is 44.1 Å². The largest absolute Gasteiger partial charge is 0.491 e. The normalized spacial score (nSPS) is 18.8. The van der Waals surface area contributed by atoms with Crippen LogP contribution in [-0.4, -0.2) is 13.2 Å². The fourth-order valence-electron chi connectivity index (χ4n) is 3.39. The fraction of sp³-hybridized carbons (Fsp3) is 0.667. The van der Waals surface area contributed by atoms with Crippen LogP contribution in [0.25, 0.3) is 0 Å². The molecule has 0 aliphatic heterocycles. The zero-order valence-electron chi connectivity index (χ0n) is 13.2. The minimum absolute atomic E-state index is 0.225. The molecule has 1 fully saturated rings. The molecule has 0 bridgehead atoms. The summed E-state index contributed by atoms with van der Waals surface area (Å²) in [5, 5.41) is 3.55. The maximum absolute atomic E-state index is 6.01. The predicted octanol–water partition coefficient (Wildman–Crippen LogP) is 4.70. The van der Waals surface area contributed by atoms with Gasteiger partial charge in [0, 0.05) is 11.6 Å². The molecule has 112 valence electrons. The van der Waals surface area contributed by atoms with E-state index in [4.69, 9.17) is 4.74 Å². The second-order valence-corrected chi connectivity index (χ2v) is 6.22. The second kappa shape index (κ2) is 7.68. The van der Waals surface area contributed by atoms with Gasteiger partial charge in [0.2, 0.25) is 0 Å². The van der Waals surface area contributed by atoms with Crippen LogP contribution < -0.4 is 10.1 Å². The highest BCUT2D eigenvalue weighted by Crippen LogP contribution is 2.37. The third kappa shape index (κ3) is 3.99. The minimum Gasteiger partial charge on any atom is -0.491 e. The van der Waals surface area contributed by atoms with E-state index in [-0.39, 0.29) is 6.10 Å². The molecule has 0 spiro atoms. The lowest BCUT2D eigenvalue weighted by molar-refractivity contribution is 0.232. The molecule has 0 heterocycles. The average molecular weight is 275 g/mol. The van der Waals surface area contributed by atoms with Crippen molar-refractivity contribution >= 4 is 0 Å². The zero-order valence-corrected chi connectivity index (χ0v) is 13.2. The molecule has 0 aromatic heterocycles. The van der Waals surface area contributed by atoms with Gasteiger partial charge < -0.3 is 10.1 Å². The number of rotatable bonds is 5. The standard InChI is InChI=1S/C18H29NO/c1-14(2)20-17-13-9-8-12-16(17)18(19-3)15-10-6-4-5-7-11-15/h8-9,12-15,18-19H,4-7,10-11H2,1-3H3. The van der Waals surface area contributed by atoms with Gasteiger partial charge in [-0.25, -0.2) is 0 Å². The highest BCUT2D eigenvalue weighted by molar-refractivity contribution is 5.36. The Morgan fingerprint density at radius 3 is 2.30 bits per heavy atom. The van der Waals surface area contributed by atoms with Crippen molar-refractivity contribution in [1.82, 2.24) is 5.32 Å². The number of ether oxygens (including phenoxy) is 1. The lowest BCUT2D eigenvalue weighted by Gasteiger charge is -2.28. The zero-order chi connectivity index (χ0) is 14.4. The van der Waals surface area contributed by atoms with Crippen molar-refractivity contribution in [3.63, 3.8) is 0 Å². The van der Waals surface area contributed by atoms with Crippen molar-refractivity contribution in [2.24, 2.45) is 5.92 Å². The first kappa shape index (κ1) is 15.4. The Morgan fingerprint density at radius 1 is 1.05 bits per heavy atom. The summed E-state index contributed by atoms with van der Waals surface area (Å²) >= 11 is 0. The van der Waals surface area contributed by atoms with E-state index in [0.717, 1.165) is 11.7 Å². The van der Waals surface area contributed by atoms with Crippen LogP contribution in [0.5, 0.6) is 5.75 Å². The molecule has 0 saturated heterocycles. The number of hydrogen-bond acceptors (Lipinski definition) is 2. The Morgan fingerprint density at radius 2 is 1.70 bits per heavy atom. The lowest BCUT2D eigenvalue weighted by atomic mass is 9.87. The lowest BCUT2D eigenvalue weighted by Crippen LogP contribution is -2.26. The van der Waals surface area contributed by atoms with E-state index in [1.807, 2.05) is 0 Å². The van der Waals surface area contributed by atoms with E-state index >= 15 is 0 Å². The summed E-state index contributed by atoms with van der Waals surface area (Å²) in [6.07, 6.45) is 8.44. The van der Waals surface area contributed by atoms with Gasteiger partial charge >= 0.3 is 0 Å². The van der Waals surface area contributed by atoms with Gasteiger partial charge in [0.15, 0.2) is 0 Å². The molecule has 0 amide bonds. The van der Waals surface area contributed by atoms with Gasteiger partial charge in [-0.2, -0.15) is 0 Å². The summed E-state index contributed by atoms with van der Waals surface area (Å²) in [6.45, 7) is 4.19. The van der Waals surface area contributed by atoms with Crippen molar-refractivity contribution in [3.05, 3.63) is 29.8 Å². The summed E-state index contributed by atoms with van der Waals surface area (Å²) < 4.78 is 6.01. The number of hydrogen-bond donors (Lipinski definition) is 1. The summed E-state index contributed by atoms with van der Waals surface area (Å²) in [6, 6.07) is 8.95. The molecule has 2 nitrogen and oxygen atoms in total. The molecule has 2 rings (SSSR count). The van der Waals surface area contributed by atoms with Crippen molar-refractivity contribution in [2.75, 3.05) is 7.05 Å². The molecule has 1 saturated carbocycles. The molecule has 0 radical (unpaired) electrons. The van der Waals surface area contributed by atoms with E-state index in [2.05, 4.69) is 50.5 Å². The first-order chi connectivity index (χ1) is 9.72. The highest BCUT2D eigenvalue weighted by Gasteiger charge is 2.25. The summed E-state index contributed by atoms with van der Waals surface area (Å²) in [4.78, 5) is 0. The quantitative estimate of drug-likeness (QED) is 0.786. The smallest absolute Gasteiger partial charge is 0.124 e. The first-order valence-electron chi connectivity index (χ1n) is 8.15. The van der Waals surface area contributed by atoms with Crippen LogP contribution in [-0.2, 0) is 0 Å². The summed E-state index contributed by atoms with van der Waals surface area (Å²) in [5.74, 6) is 1.78. The fourth-order valence-corrected chi connectivity index (χ4v) is 3.39. The van der Waals surface area contributed by atoms with Crippen molar-refractivity contribution in [3.8, 4) is 5.75 Å². The predicted molar refractivity (Wildman–Crippen MR) is 85.2 cm³/mol. The van der Waals surface area contributed by atoms with Crippen LogP contribution >= 0.6 is 0 Å². The summed E-state index contributed by atoms with van der Waals surface area (Å²) in [7, 11) is 2.09. The minimum atomic E-state index is 0.225. The van der Waals surface area contributed by atoms with Crippen molar-refractivity contribution < 1.29 is 4.74 Å². The van der Waals surface area contributed by atoms with E-state index in [9.17, 15) is 0 Å². The molecule has 1 aliphatic carbocycles. The van der Waals surface area contributed by atoms with Gasteiger partial charge in [-0.05, 0) is 45.7 Å². The van der Waals surface area contributed by atoms with E-state index in [1.54, 1.807) is 0 Å². The van der Waals surface area contributed by atoms with E-state index in [0.29, 0.717) is 6.04 Å². The molecule has 1 aliphatic rings. The molecule has 1 unspecified atom stereocenters. The third-order valence-electron chi connectivity index (χ3n) is 4.30. The maximum atomic E-state index is 6.01. The molecule has 1 N–H and O–H groups in total. The van der Waals surface area contributed by atoms with Crippen LogP contribution in [0.1, 0.15) is 64.0 Å². The van der Waals surface area contributed by atoms with Gasteiger partial charge in [0.25, 0.3) is 0 Å². The van der Waals surface area contributed by atoms with Crippen molar-refractivity contribution in [2.45, 2.75) is 64.5 Å². The first-order valence-corrected chi connectivity index (χ1v) is 8.15. The Kier molecular flexibility index (Phi) is 5.90. The molecular formula is C18H29NO. The number of benzene rings is 1. The molecule has 1 aromatic rings. The van der Waals surface area contributed by atoms with Gasteiger partial charge in [-0.1, -0.05) is 43.9 Å². The van der Waals surface area contributed by atoms with Crippen LogP contribution in [0.4, 0.5) is 0 Å². The number of para-hydroxylation sites is 1. The van der Waals surface area contributed by atoms with Gasteiger partial charge in [0.1, 0.15) is 5.75 Å². The molecule has 1 aromatic carbocycles. The van der Waals surface area contributed by atoms with Gasteiger partial charge in [-0.15, -0.1) is 0 Å². The molecule has 1 atom stereocenters. The van der Waals surface area contributed by atoms with Crippen molar-refractivity contribution in [1.29, 1.82) is 0 Å². The van der Waals surface area contributed by atoms with Crippen LogP contribution in [0, 0.1) is 5.92 Å².